The van der Waals surface area contributed by atoms with Gasteiger partial charge in [-0.1, -0.05) is 18.7 Å². The molecular formula is C25H38N2O6. The molecule has 184 valence electrons. The first-order chi connectivity index (χ1) is 15.5. The zero-order chi connectivity index (χ0) is 24.6. The van der Waals surface area contributed by atoms with Gasteiger partial charge in [0.15, 0.2) is 0 Å². The van der Waals surface area contributed by atoms with E-state index in [9.17, 15) is 19.5 Å². The standard InChI is InChI=1S/C25H38N2O6/c1-7-13-27(23(3,4)5)21(30)19-25-12-11-24(6,33-25)18(22(31)32-16-8-2)17(25)20(29)26(19)14-9-10-15-28/h7-8,17-19,28H,1-2,9-16H2,3-6H3/t17-,18-,19?,24+,25?/m0/s1. The van der Waals surface area contributed by atoms with E-state index in [1.807, 2.05) is 27.7 Å². The van der Waals surface area contributed by atoms with E-state index in [1.165, 1.54) is 6.08 Å². The van der Waals surface area contributed by atoms with Crippen LogP contribution in [0.3, 0.4) is 0 Å². The van der Waals surface area contributed by atoms with Crippen LogP contribution in [0, 0.1) is 11.8 Å². The van der Waals surface area contributed by atoms with E-state index in [2.05, 4.69) is 13.2 Å². The highest BCUT2D eigenvalue weighted by molar-refractivity contribution is 5.98. The minimum absolute atomic E-state index is 0.00483. The smallest absolute Gasteiger partial charge is 0.313 e. The summed E-state index contributed by atoms with van der Waals surface area (Å²) in [4.78, 5) is 44.2. The molecule has 0 aliphatic carbocycles. The number of aliphatic hydroxyl groups is 1. The Kier molecular flexibility index (Phi) is 7.10. The summed E-state index contributed by atoms with van der Waals surface area (Å²) in [7, 11) is 0. The van der Waals surface area contributed by atoms with Crippen molar-refractivity contribution in [3.05, 3.63) is 25.3 Å². The molecule has 0 radical (unpaired) electrons. The first-order valence-electron chi connectivity index (χ1n) is 11.8. The summed E-state index contributed by atoms with van der Waals surface area (Å²) in [5, 5.41) is 9.26. The number of carbonyl (C=O) groups excluding carboxylic acids is 3. The van der Waals surface area contributed by atoms with Crippen LogP contribution in [0.1, 0.15) is 53.4 Å². The molecule has 0 aromatic heterocycles. The summed E-state index contributed by atoms with van der Waals surface area (Å²) in [6.07, 6.45) is 5.31. The number of amides is 2. The predicted octanol–water partition coefficient (Wildman–Crippen LogP) is 2.07. The zero-order valence-corrected chi connectivity index (χ0v) is 20.3. The molecule has 8 nitrogen and oxygen atoms in total. The largest absolute Gasteiger partial charge is 0.461 e. The Labute approximate surface area is 196 Å². The van der Waals surface area contributed by atoms with Crippen molar-refractivity contribution >= 4 is 17.8 Å². The van der Waals surface area contributed by atoms with Crippen LogP contribution >= 0.6 is 0 Å². The number of nitrogens with zero attached hydrogens (tertiary/aromatic N) is 2. The van der Waals surface area contributed by atoms with E-state index in [1.54, 1.807) is 15.9 Å². The lowest BCUT2D eigenvalue weighted by Gasteiger charge is -2.42. The van der Waals surface area contributed by atoms with E-state index in [0.717, 1.165) is 0 Å². The molecule has 3 rings (SSSR count). The van der Waals surface area contributed by atoms with Gasteiger partial charge in [0.05, 0.1) is 11.5 Å². The second-order valence-corrected chi connectivity index (χ2v) is 10.5. The van der Waals surface area contributed by atoms with Crippen molar-refractivity contribution in [2.24, 2.45) is 11.8 Å². The second kappa shape index (κ2) is 9.22. The van der Waals surface area contributed by atoms with Crippen molar-refractivity contribution in [1.82, 2.24) is 9.80 Å². The number of aliphatic hydroxyl groups excluding tert-OH is 1. The van der Waals surface area contributed by atoms with Crippen molar-refractivity contribution in [2.75, 3.05) is 26.3 Å². The highest BCUT2D eigenvalue weighted by Gasteiger charge is 2.78. The molecule has 33 heavy (non-hydrogen) atoms. The van der Waals surface area contributed by atoms with Gasteiger partial charge in [0.1, 0.15) is 24.2 Å². The van der Waals surface area contributed by atoms with Gasteiger partial charge in [0.2, 0.25) is 11.8 Å². The molecule has 1 spiro atoms. The fourth-order valence-electron chi connectivity index (χ4n) is 5.90. The fourth-order valence-corrected chi connectivity index (χ4v) is 5.90. The van der Waals surface area contributed by atoms with E-state index in [-0.39, 0.29) is 25.0 Å². The van der Waals surface area contributed by atoms with Gasteiger partial charge in [-0.05, 0) is 53.4 Å². The van der Waals surface area contributed by atoms with E-state index in [4.69, 9.17) is 9.47 Å². The summed E-state index contributed by atoms with van der Waals surface area (Å²) in [5.41, 5.74) is -2.44. The first-order valence-corrected chi connectivity index (χ1v) is 11.8. The SMILES string of the molecule is C=CCOC(=O)[C@@H]1[C@H]2C(=O)N(CCCCO)C(C(=O)N(CC=C)C(C)(C)C)C23CC[C@@]1(C)O3. The van der Waals surface area contributed by atoms with Gasteiger partial charge in [-0.3, -0.25) is 14.4 Å². The Hall–Kier alpha value is -2.19. The molecule has 3 aliphatic rings. The number of ether oxygens (including phenoxy) is 2. The number of hydrogen-bond donors (Lipinski definition) is 1. The van der Waals surface area contributed by atoms with E-state index < -0.39 is 40.6 Å². The van der Waals surface area contributed by atoms with E-state index >= 15 is 0 Å². The molecular weight excluding hydrogens is 424 g/mol. The normalized spacial score (nSPS) is 32.6. The third-order valence-electron chi connectivity index (χ3n) is 7.30. The minimum Gasteiger partial charge on any atom is -0.461 e. The third kappa shape index (κ3) is 4.12. The number of rotatable bonds is 10. The van der Waals surface area contributed by atoms with Crippen molar-refractivity contribution in [3.8, 4) is 0 Å². The van der Waals surface area contributed by atoms with Crippen molar-refractivity contribution in [3.63, 3.8) is 0 Å². The van der Waals surface area contributed by atoms with Gasteiger partial charge < -0.3 is 24.4 Å². The number of likely N-dealkylation sites (tertiary alicyclic amines) is 1. The number of unbranched alkanes of at least 4 members (excludes halogenated alkanes) is 1. The molecule has 2 amide bonds. The van der Waals surface area contributed by atoms with Crippen molar-refractivity contribution in [1.29, 1.82) is 0 Å². The lowest BCUT2D eigenvalue weighted by atomic mass is 9.66. The lowest BCUT2D eigenvalue weighted by Crippen LogP contribution is -2.60. The maximum Gasteiger partial charge on any atom is 0.313 e. The quantitative estimate of drug-likeness (QED) is 0.303. The van der Waals surface area contributed by atoms with Gasteiger partial charge in [-0.15, -0.1) is 6.58 Å². The molecule has 3 heterocycles. The van der Waals surface area contributed by atoms with Crippen LogP contribution in [0.5, 0.6) is 0 Å². The molecule has 5 atom stereocenters. The number of carbonyl (C=O) groups is 3. The summed E-state index contributed by atoms with van der Waals surface area (Å²) < 4.78 is 11.9. The number of hydrogen-bond acceptors (Lipinski definition) is 6. The lowest BCUT2D eigenvalue weighted by molar-refractivity contribution is -0.160. The van der Waals surface area contributed by atoms with Crippen LogP contribution in [0.2, 0.25) is 0 Å². The Bertz CT molecular complexity index is 820. The molecule has 0 aromatic carbocycles. The summed E-state index contributed by atoms with van der Waals surface area (Å²) in [6.45, 7) is 15.8. The Morgan fingerprint density at radius 1 is 1.27 bits per heavy atom. The molecule has 3 aliphatic heterocycles. The highest BCUT2D eigenvalue weighted by Crippen LogP contribution is 2.63. The van der Waals surface area contributed by atoms with E-state index in [0.29, 0.717) is 38.8 Å². The van der Waals surface area contributed by atoms with Crippen LogP contribution in [0.15, 0.2) is 25.3 Å². The average molecular weight is 463 g/mol. The summed E-state index contributed by atoms with van der Waals surface area (Å²) >= 11 is 0. The molecule has 0 saturated carbocycles. The molecule has 8 heteroatoms. The molecule has 2 unspecified atom stereocenters. The Balaban J connectivity index is 2.06. The topological polar surface area (TPSA) is 96.4 Å². The molecule has 1 N–H and O–H groups in total. The van der Waals surface area contributed by atoms with Gasteiger partial charge in [-0.2, -0.15) is 0 Å². The van der Waals surface area contributed by atoms with Gasteiger partial charge in [0.25, 0.3) is 0 Å². The summed E-state index contributed by atoms with van der Waals surface area (Å²) in [5.74, 6) is -2.49. The highest BCUT2D eigenvalue weighted by atomic mass is 16.6. The molecule has 2 bridgehead atoms. The van der Waals surface area contributed by atoms with Gasteiger partial charge >= 0.3 is 5.97 Å². The van der Waals surface area contributed by atoms with Crippen molar-refractivity contribution in [2.45, 2.75) is 76.2 Å². The summed E-state index contributed by atoms with van der Waals surface area (Å²) in [6, 6.07) is -0.841. The minimum atomic E-state index is -1.08. The third-order valence-corrected chi connectivity index (χ3v) is 7.30. The van der Waals surface area contributed by atoms with Crippen LogP contribution < -0.4 is 0 Å². The van der Waals surface area contributed by atoms with Gasteiger partial charge in [0, 0.05) is 25.2 Å². The fraction of sp³-hybridized carbons (Fsp3) is 0.720. The maximum absolute atomic E-state index is 14.1. The Morgan fingerprint density at radius 2 is 1.97 bits per heavy atom. The number of esters is 1. The van der Waals surface area contributed by atoms with Crippen LogP contribution in [0.4, 0.5) is 0 Å². The molecule has 3 fully saturated rings. The van der Waals surface area contributed by atoms with Crippen LogP contribution in [-0.2, 0) is 23.9 Å². The Morgan fingerprint density at radius 3 is 2.55 bits per heavy atom. The zero-order valence-electron chi connectivity index (χ0n) is 20.3. The predicted molar refractivity (Wildman–Crippen MR) is 123 cm³/mol. The second-order valence-electron chi connectivity index (χ2n) is 10.5. The van der Waals surface area contributed by atoms with Gasteiger partial charge in [-0.25, -0.2) is 0 Å². The van der Waals surface area contributed by atoms with Crippen LogP contribution in [-0.4, -0.2) is 81.8 Å². The molecule has 3 saturated heterocycles. The maximum atomic E-state index is 14.1. The first kappa shape index (κ1) is 25.4. The van der Waals surface area contributed by atoms with Crippen LogP contribution in [0.25, 0.3) is 0 Å². The molecule has 0 aromatic rings. The van der Waals surface area contributed by atoms with Crippen molar-refractivity contribution < 1.29 is 29.0 Å². The number of fused-ring (bicyclic) bond motifs is 1. The monoisotopic (exact) mass is 462 g/mol. The average Bonchev–Trinajstić information content (AvgIpc) is 3.30.